The van der Waals surface area contributed by atoms with E-state index in [0.717, 1.165) is 18.7 Å². The summed E-state index contributed by atoms with van der Waals surface area (Å²) in [6.45, 7) is 0. The number of benzene rings is 1. The molecule has 0 atom stereocenters. The molecule has 0 saturated heterocycles. The summed E-state index contributed by atoms with van der Waals surface area (Å²) in [6.07, 6.45) is 0.888. The number of methoxy groups -OCH3 is 1. The van der Waals surface area contributed by atoms with Crippen LogP contribution in [-0.4, -0.2) is 13.1 Å². The van der Waals surface area contributed by atoms with Gasteiger partial charge in [0.05, 0.1) is 7.11 Å². The summed E-state index contributed by atoms with van der Waals surface area (Å²) in [5, 5.41) is 0. The zero-order valence-electron chi connectivity index (χ0n) is 8.16. The van der Waals surface area contributed by atoms with Crippen LogP contribution in [0.3, 0.4) is 0 Å². The van der Waals surface area contributed by atoms with Crippen molar-refractivity contribution in [3.05, 3.63) is 47.8 Å². The molecule has 0 unspecified atom stereocenters. The fourth-order valence-electron chi connectivity index (χ4n) is 0.861. The highest BCUT2D eigenvalue weighted by molar-refractivity contribution is 5.86. The molecule has 0 aromatic heterocycles. The number of allylic oxidation sites excluding steroid dienone is 1. The zero-order valence-corrected chi connectivity index (χ0v) is 8.16. The Kier molecular flexibility index (Phi) is 4.11. The van der Waals surface area contributed by atoms with Gasteiger partial charge in [-0.05, 0) is 12.1 Å². The number of halogens is 1. The lowest BCUT2D eigenvalue weighted by molar-refractivity contribution is -0.137. The van der Waals surface area contributed by atoms with Gasteiger partial charge in [0.15, 0.2) is 0 Å². The van der Waals surface area contributed by atoms with Crippen LogP contribution in [0.1, 0.15) is 5.56 Å². The number of esters is 1. The van der Waals surface area contributed by atoms with Crippen molar-refractivity contribution in [1.82, 2.24) is 0 Å². The van der Waals surface area contributed by atoms with Crippen molar-refractivity contribution >= 4 is 5.97 Å². The van der Waals surface area contributed by atoms with Gasteiger partial charge in [0.1, 0.15) is 0 Å². The van der Waals surface area contributed by atoms with Crippen LogP contribution < -0.4 is 0 Å². The molecule has 0 amide bonds. The second kappa shape index (κ2) is 5.61. The normalized spacial score (nSPS) is 10.1. The first-order valence-electron chi connectivity index (χ1n) is 4.24. The maximum atomic E-state index is 12.8. The van der Waals surface area contributed by atoms with Crippen LogP contribution in [-0.2, 0) is 9.53 Å². The molecule has 0 heterocycles. The van der Waals surface area contributed by atoms with Gasteiger partial charge in [-0.3, -0.25) is 0 Å². The topological polar surface area (TPSA) is 26.3 Å². The molecule has 0 N–H and O–H groups in total. The Morgan fingerprint density at radius 1 is 1.40 bits per heavy atom. The lowest BCUT2D eigenvalue weighted by Gasteiger charge is -1.90. The Morgan fingerprint density at radius 2 is 2.07 bits per heavy atom. The van der Waals surface area contributed by atoms with Gasteiger partial charge < -0.3 is 4.74 Å². The van der Waals surface area contributed by atoms with Gasteiger partial charge in [-0.2, -0.15) is 4.39 Å². The number of carbonyl (C=O) groups excluding carboxylic acids is 1. The molecular formula is C12H9FO2. The molecule has 0 aliphatic heterocycles. The number of hydrogen-bond acceptors (Lipinski definition) is 2. The average molecular weight is 204 g/mol. The molecule has 0 aliphatic carbocycles. The van der Waals surface area contributed by atoms with Crippen LogP contribution in [0.2, 0.25) is 0 Å². The van der Waals surface area contributed by atoms with Gasteiger partial charge >= 0.3 is 5.97 Å². The third kappa shape index (κ3) is 3.65. The van der Waals surface area contributed by atoms with E-state index in [4.69, 9.17) is 0 Å². The van der Waals surface area contributed by atoms with Crippen LogP contribution in [0, 0.1) is 11.8 Å². The van der Waals surface area contributed by atoms with Crippen molar-refractivity contribution in [1.29, 1.82) is 0 Å². The second-order valence-corrected chi connectivity index (χ2v) is 2.62. The van der Waals surface area contributed by atoms with E-state index in [-0.39, 0.29) is 0 Å². The molecule has 0 bridgehead atoms. The highest BCUT2D eigenvalue weighted by Crippen LogP contribution is 1.98. The van der Waals surface area contributed by atoms with Crippen LogP contribution in [0.15, 0.2) is 42.2 Å². The molecule has 0 aliphatic rings. The van der Waals surface area contributed by atoms with Crippen LogP contribution in [0.25, 0.3) is 0 Å². The summed E-state index contributed by atoms with van der Waals surface area (Å²) in [6, 6.07) is 9.08. The maximum Gasteiger partial charge on any atom is 0.367 e. The molecule has 1 rings (SSSR count). The number of ether oxygens (including phenoxy) is 1. The SMILES string of the molecule is COC(=O)/C(F)=C/C#Cc1ccccc1. The van der Waals surface area contributed by atoms with E-state index < -0.39 is 11.8 Å². The van der Waals surface area contributed by atoms with E-state index in [2.05, 4.69) is 16.6 Å². The highest BCUT2D eigenvalue weighted by Gasteiger charge is 2.05. The summed E-state index contributed by atoms with van der Waals surface area (Å²) in [5.41, 5.74) is 0.756. The molecule has 0 saturated carbocycles. The van der Waals surface area contributed by atoms with Crippen molar-refractivity contribution < 1.29 is 13.9 Å². The largest absolute Gasteiger partial charge is 0.464 e. The molecule has 15 heavy (non-hydrogen) atoms. The number of rotatable bonds is 1. The van der Waals surface area contributed by atoms with E-state index in [9.17, 15) is 9.18 Å². The average Bonchev–Trinajstić information content (AvgIpc) is 2.29. The smallest absolute Gasteiger partial charge is 0.367 e. The number of hydrogen-bond donors (Lipinski definition) is 0. The Morgan fingerprint density at radius 3 is 2.67 bits per heavy atom. The lowest BCUT2D eigenvalue weighted by Crippen LogP contribution is -1.99. The van der Waals surface area contributed by atoms with Gasteiger partial charge in [0, 0.05) is 11.6 Å². The minimum absolute atomic E-state index is 0.756. The lowest BCUT2D eigenvalue weighted by atomic mass is 10.2. The van der Waals surface area contributed by atoms with Crippen LogP contribution in [0.4, 0.5) is 4.39 Å². The van der Waals surface area contributed by atoms with Gasteiger partial charge in [-0.25, -0.2) is 4.79 Å². The summed E-state index contributed by atoms with van der Waals surface area (Å²) in [5.74, 6) is 3.09. The van der Waals surface area contributed by atoms with E-state index in [1.54, 1.807) is 12.1 Å². The molecule has 1 aromatic rings. The van der Waals surface area contributed by atoms with E-state index >= 15 is 0 Å². The van der Waals surface area contributed by atoms with Gasteiger partial charge in [0.25, 0.3) is 0 Å². The molecule has 1 aromatic carbocycles. The van der Waals surface area contributed by atoms with Crippen molar-refractivity contribution in [3.63, 3.8) is 0 Å². The zero-order chi connectivity index (χ0) is 11.1. The quantitative estimate of drug-likeness (QED) is 0.397. The first-order chi connectivity index (χ1) is 7.24. The predicted molar refractivity (Wildman–Crippen MR) is 54.5 cm³/mol. The van der Waals surface area contributed by atoms with Gasteiger partial charge in [0.2, 0.25) is 5.83 Å². The molecule has 3 heteroatoms. The van der Waals surface area contributed by atoms with Crippen LogP contribution in [0.5, 0.6) is 0 Å². The van der Waals surface area contributed by atoms with E-state index in [0.29, 0.717) is 0 Å². The molecule has 0 fully saturated rings. The molecule has 2 nitrogen and oxygen atoms in total. The fraction of sp³-hybridized carbons (Fsp3) is 0.0833. The standard InChI is InChI=1S/C12H9FO2/c1-15-12(14)11(13)9-5-8-10-6-3-2-4-7-10/h2-4,6-7,9H,1H3/b11-9-. The van der Waals surface area contributed by atoms with Crippen molar-refractivity contribution in [2.45, 2.75) is 0 Å². The minimum Gasteiger partial charge on any atom is -0.464 e. The summed E-state index contributed by atoms with van der Waals surface area (Å²) in [7, 11) is 1.11. The summed E-state index contributed by atoms with van der Waals surface area (Å²) in [4.78, 5) is 10.6. The third-order valence-electron chi connectivity index (χ3n) is 1.57. The first kappa shape index (κ1) is 11.0. The molecular weight excluding hydrogens is 195 g/mol. The fourth-order valence-corrected chi connectivity index (χ4v) is 0.861. The monoisotopic (exact) mass is 204 g/mol. The van der Waals surface area contributed by atoms with Crippen LogP contribution >= 0.6 is 0 Å². The van der Waals surface area contributed by atoms with Crippen molar-refractivity contribution in [2.24, 2.45) is 0 Å². The molecule has 76 valence electrons. The van der Waals surface area contributed by atoms with E-state index in [1.807, 2.05) is 18.2 Å². The summed E-state index contributed by atoms with van der Waals surface area (Å²) < 4.78 is 16.9. The van der Waals surface area contributed by atoms with Gasteiger partial charge in [-0.15, -0.1) is 0 Å². The molecule has 0 spiro atoms. The van der Waals surface area contributed by atoms with E-state index in [1.165, 1.54) is 0 Å². The third-order valence-corrected chi connectivity index (χ3v) is 1.57. The van der Waals surface area contributed by atoms with Crippen molar-refractivity contribution in [2.75, 3.05) is 7.11 Å². The Labute approximate surface area is 87.4 Å². The Bertz CT molecular complexity index is 424. The highest BCUT2D eigenvalue weighted by atomic mass is 19.1. The predicted octanol–water partition coefficient (Wildman–Crippen LogP) is 2.06. The Hall–Kier alpha value is -2.08. The summed E-state index contributed by atoms with van der Waals surface area (Å²) >= 11 is 0. The first-order valence-corrected chi connectivity index (χ1v) is 4.24. The minimum atomic E-state index is -1.02. The second-order valence-electron chi connectivity index (χ2n) is 2.62. The Balaban J connectivity index is 2.72. The van der Waals surface area contributed by atoms with Crippen molar-refractivity contribution in [3.8, 4) is 11.8 Å². The number of carbonyl (C=O) groups is 1. The van der Waals surface area contributed by atoms with Gasteiger partial charge in [-0.1, -0.05) is 30.0 Å². The molecule has 0 radical (unpaired) electrons. The maximum absolute atomic E-state index is 12.8.